The number of ether oxygens (including phenoxy) is 1. The van der Waals surface area contributed by atoms with Crippen LogP contribution in [-0.2, 0) is 13.0 Å². The lowest BCUT2D eigenvalue weighted by atomic mass is 10.2. The van der Waals surface area contributed by atoms with Gasteiger partial charge in [-0.25, -0.2) is 5.01 Å². The molecule has 1 aliphatic carbocycles. The van der Waals surface area contributed by atoms with Crippen molar-refractivity contribution in [3.8, 4) is 5.88 Å². The van der Waals surface area contributed by atoms with Gasteiger partial charge in [0, 0.05) is 25.7 Å². The summed E-state index contributed by atoms with van der Waals surface area (Å²) in [5.74, 6) is 4.13. The molecule has 1 saturated carbocycles. The number of aromatic nitrogens is 3. The summed E-state index contributed by atoms with van der Waals surface area (Å²) in [6.07, 6.45) is 8.20. The number of rotatable bonds is 11. The van der Waals surface area contributed by atoms with Gasteiger partial charge >= 0.3 is 0 Å². The Balaban J connectivity index is 1.26. The first-order valence-corrected chi connectivity index (χ1v) is 12.1. The van der Waals surface area contributed by atoms with E-state index in [1.807, 2.05) is 12.1 Å². The standard InChI is InChI=1S/C23H34N8O2/c1-3-17-12-18(33-29-17)15-24-23-26-20(25-21-13-19(16-6-7-16)30(2)28-21)14-22(27-23)32-11-10-31-8-4-5-9-31/h12-14,16,19,28H,3-11,15H2,1-2H3,(H2,24,25,26,27). The fraction of sp³-hybridized carbons (Fsp3) is 0.609. The second-order valence-electron chi connectivity index (χ2n) is 9.06. The maximum absolute atomic E-state index is 6.02. The molecular weight excluding hydrogens is 420 g/mol. The van der Waals surface area contributed by atoms with E-state index < -0.39 is 0 Å². The van der Waals surface area contributed by atoms with Crippen molar-refractivity contribution in [1.29, 1.82) is 0 Å². The predicted octanol–water partition coefficient (Wildman–Crippen LogP) is 2.60. The van der Waals surface area contributed by atoms with E-state index in [0.717, 1.165) is 49.2 Å². The monoisotopic (exact) mass is 454 g/mol. The van der Waals surface area contributed by atoms with Crippen molar-refractivity contribution in [2.75, 3.05) is 43.9 Å². The van der Waals surface area contributed by atoms with Crippen LogP contribution in [0.5, 0.6) is 5.88 Å². The Kier molecular flexibility index (Phi) is 6.63. The quantitative estimate of drug-likeness (QED) is 0.469. The van der Waals surface area contributed by atoms with Gasteiger partial charge in [-0.1, -0.05) is 12.1 Å². The Labute approximate surface area is 194 Å². The van der Waals surface area contributed by atoms with Crippen LogP contribution in [0.25, 0.3) is 0 Å². The normalized spacial score (nSPS) is 21.2. The molecule has 1 unspecified atom stereocenters. The number of nitrogens with zero attached hydrogens (tertiary/aromatic N) is 5. The molecule has 3 aliphatic rings. The van der Waals surface area contributed by atoms with Crippen molar-refractivity contribution in [3.63, 3.8) is 0 Å². The Morgan fingerprint density at radius 2 is 2.06 bits per heavy atom. The highest BCUT2D eigenvalue weighted by Crippen LogP contribution is 2.37. The van der Waals surface area contributed by atoms with Crippen LogP contribution in [0.3, 0.4) is 0 Å². The SMILES string of the molecule is CCc1cc(CNc2nc(NC3=CC(C4CC4)N(C)N3)cc(OCCN3CCCC3)n2)on1. The molecule has 0 spiro atoms. The minimum Gasteiger partial charge on any atom is -0.476 e. The fourth-order valence-electron chi connectivity index (χ4n) is 4.38. The zero-order chi connectivity index (χ0) is 22.6. The van der Waals surface area contributed by atoms with Crippen molar-refractivity contribution in [2.24, 2.45) is 5.92 Å². The van der Waals surface area contributed by atoms with Crippen molar-refractivity contribution in [2.45, 2.75) is 51.6 Å². The average Bonchev–Trinajstić information content (AvgIpc) is 3.18. The Morgan fingerprint density at radius 3 is 2.82 bits per heavy atom. The summed E-state index contributed by atoms with van der Waals surface area (Å²) in [6, 6.07) is 4.22. The van der Waals surface area contributed by atoms with E-state index in [-0.39, 0.29) is 0 Å². The van der Waals surface area contributed by atoms with Crippen molar-refractivity contribution in [1.82, 2.24) is 30.5 Å². The molecule has 2 aromatic rings. The minimum atomic E-state index is 0.419. The first kappa shape index (κ1) is 22.0. The molecule has 33 heavy (non-hydrogen) atoms. The van der Waals surface area contributed by atoms with Crippen molar-refractivity contribution in [3.05, 3.63) is 35.5 Å². The van der Waals surface area contributed by atoms with Crippen LogP contribution in [0.4, 0.5) is 11.8 Å². The fourth-order valence-corrected chi connectivity index (χ4v) is 4.38. The smallest absolute Gasteiger partial charge is 0.228 e. The number of likely N-dealkylation sites (N-methyl/N-ethyl adjacent to an activating group) is 1. The Morgan fingerprint density at radius 1 is 1.21 bits per heavy atom. The molecular formula is C23H34N8O2. The molecule has 10 heteroatoms. The number of hydrazine groups is 1. The van der Waals surface area contributed by atoms with Gasteiger partial charge in [-0.15, -0.1) is 0 Å². The number of nitrogens with one attached hydrogen (secondary N) is 3. The van der Waals surface area contributed by atoms with E-state index in [1.165, 1.54) is 25.7 Å². The van der Waals surface area contributed by atoms with E-state index in [1.54, 1.807) is 0 Å². The summed E-state index contributed by atoms with van der Waals surface area (Å²) >= 11 is 0. The molecule has 5 rings (SSSR count). The maximum Gasteiger partial charge on any atom is 0.228 e. The lowest BCUT2D eigenvalue weighted by Crippen LogP contribution is -2.36. The van der Waals surface area contributed by atoms with Crippen LogP contribution in [0.1, 0.15) is 44.1 Å². The predicted molar refractivity (Wildman–Crippen MR) is 126 cm³/mol. The van der Waals surface area contributed by atoms with Gasteiger partial charge in [0.1, 0.15) is 18.2 Å². The summed E-state index contributed by atoms with van der Waals surface area (Å²) in [6.45, 7) is 6.32. The zero-order valence-electron chi connectivity index (χ0n) is 19.5. The van der Waals surface area contributed by atoms with E-state index in [0.29, 0.717) is 36.8 Å². The number of aryl methyl sites for hydroxylation is 1. The van der Waals surface area contributed by atoms with Gasteiger partial charge in [-0.3, -0.25) is 4.90 Å². The van der Waals surface area contributed by atoms with Gasteiger partial charge in [-0.05, 0) is 57.2 Å². The highest BCUT2D eigenvalue weighted by molar-refractivity contribution is 5.48. The second kappa shape index (κ2) is 9.96. The van der Waals surface area contributed by atoms with Gasteiger partial charge in [-0.2, -0.15) is 9.97 Å². The van der Waals surface area contributed by atoms with E-state index in [9.17, 15) is 0 Å². The van der Waals surface area contributed by atoms with Gasteiger partial charge < -0.3 is 25.3 Å². The van der Waals surface area contributed by atoms with E-state index in [4.69, 9.17) is 9.26 Å². The van der Waals surface area contributed by atoms with Crippen LogP contribution >= 0.6 is 0 Å². The summed E-state index contributed by atoms with van der Waals surface area (Å²) in [5.41, 5.74) is 4.32. The Bertz CT molecular complexity index is 967. The molecule has 0 radical (unpaired) electrons. The number of anilines is 2. The molecule has 1 saturated heterocycles. The van der Waals surface area contributed by atoms with E-state index in [2.05, 4.69) is 61.1 Å². The molecule has 178 valence electrons. The van der Waals surface area contributed by atoms with Crippen LogP contribution in [-0.4, -0.2) is 64.4 Å². The lowest BCUT2D eigenvalue weighted by Gasteiger charge is -2.19. The molecule has 10 nitrogen and oxygen atoms in total. The third-order valence-electron chi connectivity index (χ3n) is 6.40. The minimum absolute atomic E-state index is 0.419. The number of hydrogen-bond acceptors (Lipinski definition) is 10. The first-order chi connectivity index (χ1) is 16.2. The second-order valence-corrected chi connectivity index (χ2v) is 9.06. The van der Waals surface area contributed by atoms with Gasteiger partial charge in [0.2, 0.25) is 11.8 Å². The number of hydrogen-bond donors (Lipinski definition) is 3. The van der Waals surface area contributed by atoms with Gasteiger partial charge in [0.05, 0.1) is 18.3 Å². The zero-order valence-corrected chi connectivity index (χ0v) is 19.5. The van der Waals surface area contributed by atoms with Crippen LogP contribution in [0.15, 0.2) is 28.6 Å². The van der Waals surface area contributed by atoms with Gasteiger partial charge in [0.15, 0.2) is 5.76 Å². The highest BCUT2D eigenvalue weighted by atomic mass is 16.5. The lowest BCUT2D eigenvalue weighted by molar-refractivity contribution is 0.228. The molecule has 2 fully saturated rings. The molecule has 3 N–H and O–H groups in total. The first-order valence-electron chi connectivity index (χ1n) is 12.1. The Hall–Kier alpha value is -2.85. The molecule has 2 aromatic heterocycles. The topological polar surface area (TPSA) is 104 Å². The third-order valence-corrected chi connectivity index (χ3v) is 6.40. The van der Waals surface area contributed by atoms with Gasteiger partial charge in [0.25, 0.3) is 0 Å². The third kappa shape index (κ3) is 5.75. The largest absolute Gasteiger partial charge is 0.476 e. The summed E-state index contributed by atoms with van der Waals surface area (Å²) < 4.78 is 11.4. The highest BCUT2D eigenvalue weighted by Gasteiger charge is 2.36. The average molecular weight is 455 g/mol. The van der Waals surface area contributed by atoms with Crippen LogP contribution < -0.4 is 20.8 Å². The summed E-state index contributed by atoms with van der Waals surface area (Å²) in [5, 5.41) is 12.8. The summed E-state index contributed by atoms with van der Waals surface area (Å²) in [7, 11) is 2.08. The maximum atomic E-state index is 6.02. The molecule has 4 heterocycles. The van der Waals surface area contributed by atoms with Crippen LogP contribution in [0, 0.1) is 5.92 Å². The van der Waals surface area contributed by atoms with Crippen molar-refractivity contribution < 1.29 is 9.26 Å². The molecule has 0 aromatic carbocycles. The molecule has 1 atom stereocenters. The van der Waals surface area contributed by atoms with Crippen LogP contribution in [0.2, 0.25) is 0 Å². The number of likely N-dealkylation sites (tertiary alicyclic amines) is 1. The molecule has 2 aliphatic heterocycles. The molecule has 0 bridgehead atoms. The molecule has 0 amide bonds. The van der Waals surface area contributed by atoms with E-state index >= 15 is 0 Å². The van der Waals surface area contributed by atoms with Crippen molar-refractivity contribution >= 4 is 11.8 Å². The summed E-state index contributed by atoms with van der Waals surface area (Å²) in [4.78, 5) is 11.6.